The monoisotopic (exact) mass is 227 g/mol. The van der Waals surface area contributed by atoms with Gasteiger partial charge in [0, 0.05) is 19.1 Å². The first kappa shape index (κ1) is 10.8. The van der Waals surface area contributed by atoms with E-state index >= 15 is 0 Å². The lowest BCUT2D eigenvalue weighted by Gasteiger charge is -2.32. The smallest absolute Gasteiger partial charge is 0.147 e. The second-order valence-corrected chi connectivity index (χ2v) is 4.11. The third-order valence-corrected chi connectivity index (χ3v) is 2.74. The minimum atomic E-state index is 0.439. The molecular formula is C10H14ClN3O. The van der Waals surface area contributed by atoms with E-state index in [2.05, 4.69) is 21.8 Å². The highest BCUT2D eigenvalue weighted by atomic mass is 35.5. The van der Waals surface area contributed by atoms with E-state index in [4.69, 9.17) is 16.3 Å². The summed E-state index contributed by atoms with van der Waals surface area (Å²) >= 11 is 5.68. The summed E-state index contributed by atoms with van der Waals surface area (Å²) in [5, 5.41) is 0.439. The van der Waals surface area contributed by atoms with Crippen molar-refractivity contribution in [1.82, 2.24) is 14.9 Å². The Morgan fingerprint density at radius 2 is 2.40 bits per heavy atom. The van der Waals surface area contributed by atoms with Gasteiger partial charge in [0.1, 0.15) is 5.15 Å². The van der Waals surface area contributed by atoms with Crippen molar-refractivity contribution in [2.24, 2.45) is 0 Å². The number of hydrogen-bond acceptors (Lipinski definition) is 4. The van der Waals surface area contributed by atoms with Gasteiger partial charge in [-0.2, -0.15) is 0 Å². The quantitative estimate of drug-likeness (QED) is 0.765. The number of morpholine rings is 1. The van der Waals surface area contributed by atoms with Crippen LogP contribution in [0.25, 0.3) is 0 Å². The Labute approximate surface area is 94.2 Å². The molecule has 15 heavy (non-hydrogen) atoms. The van der Waals surface area contributed by atoms with Crippen LogP contribution in [-0.4, -0.2) is 40.7 Å². The molecule has 1 aromatic rings. The van der Waals surface area contributed by atoms with Gasteiger partial charge in [0.25, 0.3) is 0 Å². The molecule has 1 aromatic heterocycles. The second kappa shape index (κ2) is 4.88. The van der Waals surface area contributed by atoms with Crippen LogP contribution < -0.4 is 0 Å². The van der Waals surface area contributed by atoms with Crippen molar-refractivity contribution in [3.05, 3.63) is 23.2 Å². The Morgan fingerprint density at radius 1 is 1.53 bits per heavy atom. The topological polar surface area (TPSA) is 38.2 Å². The first-order valence-corrected chi connectivity index (χ1v) is 5.42. The Hall–Kier alpha value is -0.710. The molecule has 1 saturated heterocycles. The molecule has 0 aromatic carbocycles. The minimum absolute atomic E-state index is 0.439. The van der Waals surface area contributed by atoms with Gasteiger partial charge in [-0.25, -0.2) is 4.98 Å². The summed E-state index contributed by atoms with van der Waals surface area (Å²) in [5.41, 5.74) is 0.952. The molecule has 0 saturated carbocycles. The maximum absolute atomic E-state index is 5.68. The number of rotatable bonds is 2. The van der Waals surface area contributed by atoms with Crippen molar-refractivity contribution in [3.8, 4) is 0 Å². The van der Waals surface area contributed by atoms with Crippen molar-refractivity contribution in [2.75, 3.05) is 19.8 Å². The van der Waals surface area contributed by atoms with E-state index in [1.54, 1.807) is 12.4 Å². The van der Waals surface area contributed by atoms with E-state index in [0.29, 0.717) is 11.2 Å². The third-order valence-electron chi connectivity index (χ3n) is 2.54. The summed E-state index contributed by atoms with van der Waals surface area (Å²) in [6.07, 6.45) is 3.31. The predicted octanol–water partition coefficient (Wildman–Crippen LogP) is 1.35. The van der Waals surface area contributed by atoms with E-state index < -0.39 is 0 Å². The van der Waals surface area contributed by atoms with Gasteiger partial charge in [0.05, 0.1) is 31.3 Å². The van der Waals surface area contributed by atoms with Crippen LogP contribution in [0.1, 0.15) is 12.6 Å². The van der Waals surface area contributed by atoms with E-state index in [9.17, 15) is 0 Å². The van der Waals surface area contributed by atoms with Gasteiger partial charge in [-0.3, -0.25) is 9.88 Å². The van der Waals surface area contributed by atoms with E-state index in [-0.39, 0.29) is 0 Å². The van der Waals surface area contributed by atoms with E-state index in [1.165, 1.54) is 0 Å². The van der Waals surface area contributed by atoms with Crippen LogP contribution >= 0.6 is 11.6 Å². The summed E-state index contributed by atoms with van der Waals surface area (Å²) < 4.78 is 5.37. The van der Waals surface area contributed by atoms with Crippen molar-refractivity contribution in [2.45, 2.75) is 19.5 Å². The zero-order valence-electron chi connectivity index (χ0n) is 8.69. The molecule has 0 N–H and O–H groups in total. The summed E-state index contributed by atoms with van der Waals surface area (Å²) in [5.74, 6) is 0. The number of ether oxygens (including phenoxy) is 1. The molecule has 0 amide bonds. The van der Waals surface area contributed by atoms with Crippen LogP contribution in [-0.2, 0) is 11.3 Å². The first-order valence-electron chi connectivity index (χ1n) is 5.04. The molecule has 1 unspecified atom stereocenters. The normalized spacial score (nSPS) is 22.9. The average molecular weight is 228 g/mol. The van der Waals surface area contributed by atoms with Crippen LogP contribution in [0.5, 0.6) is 0 Å². The summed E-state index contributed by atoms with van der Waals surface area (Å²) in [6, 6.07) is 0.441. The maximum Gasteiger partial charge on any atom is 0.147 e. The SMILES string of the molecule is CC1COCCN1Cc1cnc(Cl)cn1. The second-order valence-electron chi connectivity index (χ2n) is 3.72. The summed E-state index contributed by atoms with van der Waals surface area (Å²) in [6.45, 7) is 5.51. The molecular weight excluding hydrogens is 214 g/mol. The van der Waals surface area contributed by atoms with E-state index in [0.717, 1.165) is 32.0 Å². The Morgan fingerprint density at radius 3 is 3.07 bits per heavy atom. The Kier molecular flexibility index (Phi) is 3.51. The van der Waals surface area contributed by atoms with E-state index in [1.807, 2.05) is 0 Å². The minimum Gasteiger partial charge on any atom is -0.379 e. The fourth-order valence-electron chi connectivity index (χ4n) is 1.63. The molecule has 0 aliphatic carbocycles. The highest BCUT2D eigenvalue weighted by Crippen LogP contribution is 2.10. The standard InChI is InChI=1S/C10H14ClN3O/c1-8-7-15-3-2-14(8)6-9-4-13-10(11)5-12-9/h4-5,8H,2-3,6-7H2,1H3. The Balaban J connectivity index is 1.98. The van der Waals surface area contributed by atoms with Crippen LogP contribution in [0.4, 0.5) is 0 Å². The first-order chi connectivity index (χ1) is 7.25. The lowest BCUT2D eigenvalue weighted by molar-refractivity contribution is -0.00495. The van der Waals surface area contributed by atoms with Crippen LogP contribution in [0.2, 0.25) is 5.15 Å². The number of aromatic nitrogens is 2. The summed E-state index contributed by atoms with van der Waals surface area (Å²) in [4.78, 5) is 10.6. The average Bonchev–Trinajstić information content (AvgIpc) is 2.25. The third kappa shape index (κ3) is 2.87. The van der Waals surface area contributed by atoms with Gasteiger partial charge < -0.3 is 4.74 Å². The van der Waals surface area contributed by atoms with Crippen LogP contribution in [0.15, 0.2) is 12.4 Å². The fraction of sp³-hybridized carbons (Fsp3) is 0.600. The molecule has 1 atom stereocenters. The maximum atomic E-state index is 5.68. The molecule has 1 aliphatic heterocycles. The fourth-order valence-corrected chi connectivity index (χ4v) is 1.72. The zero-order valence-corrected chi connectivity index (χ0v) is 9.44. The molecule has 1 aliphatic rings. The lowest BCUT2D eigenvalue weighted by atomic mass is 10.2. The van der Waals surface area contributed by atoms with Gasteiger partial charge in [0.2, 0.25) is 0 Å². The number of nitrogens with zero attached hydrogens (tertiary/aromatic N) is 3. The predicted molar refractivity (Wildman–Crippen MR) is 57.7 cm³/mol. The van der Waals surface area contributed by atoms with Crippen LogP contribution in [0.3, 0.4) is 0 Å². The van der Waals surface area contributed by atoms with Crippen LogP contribution in [0, 0.1) is 0 Å². The van der Waals surface area contributed by atoms with Gasteiger partial charge in [-0.1, -0.05) is 11.6 Å². The molecule has 5 heteroatoms. The highest BCUT2D eigenvalue weighted by molar-refractivity contribution is 6.29. The highest BCUT2D eigenvalue weighted by Gasteiger charge is 2.18. The largest absolute Gasteiger partial charge is 0.379 e. The molecule has 2 heterocycles. The van der Waals surface area contributed by atoms with Gasteiger partial charge >= 0.3 is 0 Å². The molecule has 82 valence electrons. The molecule has 1 fully saturated rings. The molecule has 0 radical (unpaired) electrons. The Bertz CT molecular complexity index is 317. The van der Waals surface area contributed by atoms with Crippen molar-refractivity contribution < 1.29 is 4.74 Å². The zero-order chi connectivity index (χ0) is 10.7. The van der Waals surface area contributed by atoms with Gasteiger partial charge in [0.15, 0.2) is 0 Å². The molecule has 0 bridgehead atoms. The van der Waals surface area contributed by atoms with Gasteiger partial charge in [-0.15, -0.1) is 0 Å². The number of hydrogen-bond donors (Lipinski definition) is 0. The van der Waals surface area contributed by atoms with Gasteiger partial charge in [-0.05, 0) is 6.92 Å². The molecule has 0 spiro atoms. The van der Waals surface area contributed by atoms with Crippen molar-refractivity contribution in [1.29, 1.82) is 0 Å². The van der Waals surface area contributed by atoms with Crippen molar-refractivity contribution >= 4 is 11.6 Å². The summed E-state index contributed by atoms with van der Waals surface area (Å²) in [7, 11) is 0. The lowest BCUT2D eigenvalue weighted by Crippen LogP contribution is -2.43. The van der Waals surface area contributed by atoms with Crippen molar-refractivity contribution in [3.63, 3.8) is 0 Å². The molecule has 2 rings (SSSR count). The molecule has 4 nitrogen and oxygen atoms in total. The number of halogens is 1.